The van der Waals surface area contributed by atoms with Crippen molar-refractivity contribution in [3.63, 3.8) is 0 Å². The number of carbonyl (C=O) groups excluding carboxylic acids is 1. The van der Waals surface area contributed by atoms with Gasteiger partial charge in [-0.25, -0.2) is 14.6 Å². The van der Waals surface area contributed by atoms with E-state index >= 15 is 0 Å². The first-order valence-corrected chi connectivity index (χ1v) is 11.4. The summed E-state index contributed by atoms with van der Waals surface area (Å²) >= 11 is 5.80. The van der Waals surface area contributed by atoms with Crippen LogP contribution in [0, 0.1) is 5.92 Å². The van der Waals surface area contributed by atoms with Crippen LogP contribution in [0.15, 0.2) is 30.3 Å². The third kappa shape index (κ3) is 5.00. The SMILES string of the molecule is COC(=O)N(Cc1cc(C(F)(F)F)cc(Cl)n1)C1(C2CC2)CCc2cc(C(F)(F)F)ccc2N1C(=O)O. The van der Waals surface area contributed by atoms with Crippen LogP contribution in [0.1, 0.15) is 41.6 Å². The van der Waals surface area contributed by atoms with Crippen molar-refractivity contribution in [3.8, 4) is 0 Å². The number of carboxylic acid groups (broad SMARTS) is 1. The third-order valence-electron chi connectivity index (χ3n) is 6.58. The number of alkyl halides is 6. The largest absolute Gasteiger partial charge is 0.465 e. The molecule has 1 unspecified atom stereocenters. The second-order valence-corrected chi connectivity index (χ2v) is 9.22. The van der Waals surface area contributed by atoms with Crippen LogP contribution in [-0.4, -0.2) is 39.9 Å². The average molecular weight is 552 g/mol. The molecule has 0 bridgehead atoms. The Kier molecular flexibility index (Phi) is 6.72. The predicted octanol–water partition coefficient (Wildman–Crippen LogP) is 6.58. The van der Waals surface area contributed by atoms with Gasteiger partial charge in [0.25, 0.3) is 0 Å². The number of fused-ring (bicyclic) bond motifs is 1. The monoisotopic (exact) mass is 551 g/mol. The highest BCUT2D eigenvalue weighted by atomic mass is 35.5. The van der Waals surface area contributed by atoms with E-state index in [1.807, 2.05) is 0 Å². The molecule has 7 nitrogen and oxygen atoms in total. The van der Waals surface area contributed by atoms with Gasteiger partial charge in [0.2, 0.25) is 0 Å². The van der Waals surface area contributed by atoms with E-state index in [-0.39, 0.29) is 29.8 Å². The van der Waals surface area contributed by atoms with Gasteiger partial charge in [0.05, 0.1) is 36.2 Å². The van der Waals surface area contributed by atoms with E-state index in [0.29, 0.717) is 25.0 Å². The Bertz CT molecular complexity index is 1230. The minimum absolute atomic E-state index is 0.0240. The van der Waals surface area contributed by atoms with Gasteiger partial charge < -0.3 is 9.84 Å². The number of amides is 2. The molecule has 2 heterocycles. The number of methoxy groups -OCH3 is 1. The zero-order valence-electron chi connectivity index (χ0n) is 19.2. The van der Waals surface area contributed by atoms with Crippen molar-refractivity contribution < 1.29 is 45.8 Å². The maximum atomic E-state index is 13.4. The Morgan fingerprint density at radius 3 is 2.32 bits per heavy atom. The molecule has 1 saturated carbocycles. The van der Waals surface area contributed by atoms with Crippen LogP contribution < -0.4 is 4.90 Å². The summed E-state index contributed by atoms with van der Waals surface area (Å²) in [7, 11) is 1.03. The first-order valence-electron chi connectivity index (χ1n) is 11.0. The summed E-state index contributed by atoms with van der Waals surface area (Å²) in [5.74, 6) is -0.445. The molecule has 1 aliphatic heterocycles. The number of hydrogen-bond donors (Lipinski definition) is 1. The van der Waals surface area contributed by atoms with E-state index in [0.717, 1.165) is 35.1 Å². The summed E-state index contributed by atoms with van der Waals surface area (Å²) in [6, 6.07) is 3.94. The molecule has 200 valence electrons. The quantitative estimate of drug-likeness (QED) is 0.343. The van der Waals surface area contributed by atoms with Crippen molar-refractivity contribution in [1.82, 2.24) is 9.88 Å². The number of ether oxygens (including phenoxy) is 1. The Hall–Kier alpha value is -3.22. The first kappa shape index (κ1) is 26.8. The number of aromatic nitrogens is 1. The van der Waals surface area contributed by atoms with Gasteiger partial charge in [0.1, 0.15) is 10.8 Å². The molecule has 1 aliphatic carbocycles. The van der Waals surface area contributed by atoms with Crippen LogP contribution in [0.3, 0.4) is 0 Å². The van der Waals surface area contributed by atoms with Crippen molar-refractivity contribution >= 4 is 29.5 Å². The number of rotatable bonds is 4. The molecule has 2 aliphatic rings. The minimum atomic E-state index is -4.77. The standard InChI is InChI=1S/C23H20ClF6N3O4/c1-37-20(36)32(11-16-9-15(23(28,29)30)10-18(24)31-16)21(13-2-3-13)7-6-12-8-14(22(25,26)27)4-5-17(12)33(21)19(34)35/h4-5,8-10,13H,2-3,6-7,11H2,1H3,(H,34,35). The van der Waals surface area contributed by atoms with Gasteiger partial charge in [-0.2, -0.15) is 26.3 Å². The van der Waals surface area contributed by atoms with Crippen LogP contribution in [0.2, 0.25) is 5.15 Å². The zero-order valence-corrected chi connectivity index (χ0v) is 19.9. The number of hydrogen-bond acceptors (Lipinski definition) is 4. The average Bonchev–Trinajstić information content (AvgIpc) is 3.65. The van der Waals surface area contributed by atoms with Crippen LogP contribution >= 0.6 is 11.6 Å². The van der Waals surface area contributed by atoms with Crippen LogP contribution in [0.5, 0.6) is 0 Å². The number of nitrogens with zero attached hydrogens (tertiary/aromatic N) is 3. The predicted molar refractivity (Wildman–Crippen MR) is 118 cm³/mol. The van der Waals surface area contributed by atoms with Gasteiger partial charge in [-0.3, -0.25) is 9.80 Å². The molecule has 0 saturated heterocycles. The van der Waals surface area contributed by atoms with Gasteiger partial charge in [-0.05, 0) is 61.6 Å². The van der Waals surface area contributed by atoms with E-state index in [1.165, 1.54) is 0 Å². The maximum absolute atomic E-state index is 13.4. The lowest BCUT2D eigenvalue weighted by Gasteiger charge is -2.52. The first-order chi connectivity index (χ1) is 17.2. The van der Waals surface area contributed by atoms with E-state index in [9.17, 15) is 41.0 Å². The highest BCUT2D eigenvalue weighted by molar-refractivity contribution is 6.29. The van der Waals surface area contributed by atoms with Crippen molar-refractivity contribution in [1.29, 1.82) is 0 Å². The van der Waals surface area contributed by atoms with Crippen LogP contribution in [-0.2, 0) is 30.1 Å². The fourth-order valence-electron chi connectivity index (χ4n) is 4.92. The van der Waals surface area contributed by atoms with Crippen LogP contribution in [0.25, 0.3) is 0 Å². The molecular formula is C23H20ClF6N3O4. The van der Waals surface area contributed by atoms with Gasteiger partial charge in [0.15, 0.2) is 0 Å². The van der Waals surface area contributed by atoms with Gasteiger partial charge >= 0.3 is 24.5 Å². The number of halogens is 7. The van der Waals surface area contributed by atoms with Crippen molar-refractivity contribution in [2.45, 2.75) is 50.2 Å². The topological polar surface area (TPSA) is 83.0 Å². The summed E-state index contributed by atoms with van der Waals surface area (Å²) < 4.78 is 84.8. The lowest BCUT2D eigenvalue weighted by atomic mass is 9.85. The fourth-order valence-corrected chi connectivity index (χ4v) is 5.15. The van der Waals surface area contributed by atoms with Gasteiger partial charge in [-0.15, -0.1) is 0 Å². The number of aryl methyl sites for hydroxylation is 1. The van der Waals surface area contributed by atoms with E-state index < -0.39 is 58.9 Å². The van der Waals surface area contributed by atoms with Gasteiger partial charge in [0, 0.05) is 5.92 Å². The minimum Gasteiger partial charge on any atom is -0.465 e. The molecule has 37 heavy (non-hydrogen) atoms. The molecule has 1 atom stereocenters. The highest BCUT2D eigenvalue weighted by Crippen LogP contribution is 2.53. The Morgan fingerprint density at radius 2 is 1.78 bits per heavy atom. The summed E-state index contributed by atoms with van der Waals surface area (Å²) in [6.45, 7) is -0.591. The zero-order chi connectivity index (χ0) is 27.3. The van der Waals surface area contributed by atoms with E-state index in [4.69, 9.17) is 16.3 Å². The van der Waals surface area contributed by atoms with Gasteiger partial charge in [-0.1, -0.05) is 11.6 Å². The number of anilines is 1. The maximum Gasteiger partial charge on any atom is 0.416 e. The normalized spacial score (nSPS) is 19.8. The highest BCUT2D eigenvalue weighted by Gasteiger charge is 2.59. The molecule has 2 aromatic rings. The molecule has 2 amide bonds. The Balaban J connectivity index is 1.85. The summed E-state index contributed by atoms with van der Waals surface area (Å²) in [4.78, 5) is 31.3. The molecule has 14 heteroatoms. The fraction of sp³-hybridized carbons (Fsp3) is 0.435. The smallest absolute Gasteiger partial charge is 0.416 e. The molecule has 1 aromatic heterocycles. The summed E-state index contributed by atoms with van der Waals surface area (Å²) in [5, 5.41) is 9.74. The third-order valence-corrected chi connectivity index (χ3v) is 6.77. The number of benzene rings is 1. The molecule has 0 spiro atoms. The second kappa shape index (κ2) is 9.26. The molecule has 4 rings (SSSR count). The number of carbonyl (C=O) groups is 2. The number of pyridine rings is 1. The molecule has 0 radical (unpaired) electrons. The Morgan fingerprint density at radius 1 is 1.14 bits per heavy atom. The van der Waals surface area contributed by atoms with Crippen molar-refractivity contribution in [3.05, 3.63) is 57.9 Å². The molecular weight excluding hydrogens is 532 g/mol. The molecule has 1 fully saturated rings. The van der Waals surface area contributed by atoms with E-state index in [1.54, 1.807) is 0 Å². The summed E-state index contributed by atoms with van der Waals surface area (Å²) in [6.07, 6.45) is -11.2. The van der Waals surface area contributed by atoms with E-state index in [2.05, 4.69) is 4.98 Å². The second-order valence-electron chi connectivity index (χ2n) is 8.84. The van der Waals surface area contributed by atoms with Crippen LogP contribution in [0.4, 0.5) is 41.6 Å². The molecule has 1 aromatic carbocycles. The Labute approximate surface area is 211 Å². The lowest BCUT2D eigenvalue weighted by molar-refractivity contribution is -0.138. The van der Waals surface area contributed by atoms with Crippen molar-refractivity contribution in [2.75, 3.05) is 12.0 Å². The van der Waals surface area contributed by atoms with Crippen molar-refractivity contribution in [2.24, 2.45) is 5.92 Å². The molecule has 1 N–H and O–H groups in total. The lowest BCUT2D eigenvalue weighted by Crippen LogP contribution is -2.67. The summed E-state index contributed by atoms with van der Waals surface area (Å²) in [5.41, 5.74) is -3.93.